The minimum atomic E-state index is -0.269. The maximum atomic E-state index is 11.9. The van der Waals surface area contributed by atoms with Gasteiger partial charge in [-0.25, -0.2) is 4.79 Å². The van der Waals surface area contributed by atoms with Crippen molar-refractivity contribution >= 4 is 23.3 Å². The molecule has 1 fully saturated rings. The second kappa shape index (κ2) is 8.41. The Hall–Kier alpha value is -2.24. The zero-order chi connectivity index (χ0) is 16.7. The van der Waals surface area contributed by atoms with Crippen LogP contribution in [0.3, 0.4) is 0 Å². The van der Waals surface area contributed by atoms with Gasteiger partial charge >= 0.3 is 6.03 Å². The number of rotatable bonds is 5. The van der Waals surface area contributed by atoms with E-state index < -0.39 is 0 Å². The molecule has 3 N–H and O–H groups in total. The Bertz CT molecular complexity index is 522. The average molecular weight is 318 g/mol. The summed E-state index contributed by atoms with van der Waals surface area (Å²) in [4.78, 5) is 25.6. The predicted molar refractivity (Wildman–Crippen MR) is 92.8 cm³/mol. The summed E-state index contributed by atoms with van der Waals surface area (Å²) >= 11 is 0. The van der Waals surface area contributed by atoms with Crippen LogP contribution in [0.4, 0.5) is 16.2 Å². The van der Waals surface area contributed by atoms with Crippen molar-refractivity contribution in [3.63, 3.8) is 0 Å². The summed E-state index contributed by atoms with van der Waals surface area (Å²) in [7, 11) is 3.92. The molecule has 0 spiro atoms. The summed E-state index contributed by atoms with van der Waals surface area (Å²) in [6, 6.07) is 7.52. The molecule has 0 saturated heterocycles. The van der Waals surface area contributed by atoms with Crippen molar-refractivity contribution in [3.8, 4) is 0 Å². The molecular weight excluding hydrogens is 292 g/mol. The van der Waals surface area contributed by atoms with E-state index in [0.717, 1.165) is 37.1 Å². The molecule has 0 aromatic heterocycles. The standard InChI is InChI=1S/C17H26N4O2/c1-21(2)15-10-8-14(9-11-15)19-16(22)12-18-17(23)20-13-6-4-3-5-7-13/h8-11,13H,3-7,12H2,1-2H3,(H,19,22)(H2,18,20,23). The molecule has 0 unspecified atom stereocenters. The van der Waals surface area contributed by atoms with Crippen LogP contribution in [0, 0.1) is 0 Å². The fourth-order valence-electron chi connectivity index (χ4n) is 2.69. The summed E-state index contributed by atoms with van der Waals surface area (Å²) in [5.74, 6) is -0.235. The number of urea groups is 1. The molecule has 6 nitrogen and oxygen atoms in total. The highest BCUT2D eigenvalue weighted by Gasteiger charge is 2.15. The first-order valence-electron chi connectivity index (χ1n) is 8.16. The molecule has 126 valence electrons. The Morgan fingerprint density at radius 3 is 2.35 bits per heavy atom. The van der Waals surface area contributed by atoms with Gasteiger partial charge in [-0.05, 0) is 37.1 Å². The Balaban J connectivity index is 1.70. The quantitative estimate of drug-likeness (QED) is 0.780. The van der Waals surface area contributed by atoms with Crippen molar-refractivity contribution < 1.29 is 9.59 Å². The van der Waals surface area contributed by atoms with Crippen LogP contribution >= 0.6 is 0 Å². The molecule has 0 heterocycles. The first-order chi connectivity index (χ1) is 11.0. The summed E-state index contributed by atoms with van der Waals surface area (Å²) in [5.41, 5.74) is 1.78. The molecule has 0 atom stereocenters. The first-order valence-corrected chi connectivity index (χ1v) is 8.16. The lowest BCUT2D eigenvalue weighted by molar-refractivity contribution is -0.115. The number of amides is 3. The van der Waals surface area contributed by atoms with Gasteiger partial charge < -0.3 is 20.9 Å². The molecule has 0 aliphatic heterocycles. The fourth-order valence-corrected chi connectivity index (χ4v) is 2.69. The molecule has 3 amide bonds. The van der Waals surface area contributed by atoms with Crippen molar-refractivity contribution in [2.45, 2.75) is 38.1 Å². The van der Waals surface area contributed by atoms with Gasteiger partial charge in [0.05, 0.1) is 6.54 Å². The van der Waals surface area contributed by atoms with Crippen LogP contribution in [0.15, 0.2) is 24.3 Å². The summed E-state index contributed by atoms with van der Waals surface area (Å²) < 4.78 is 0. The van der Waals surface area contributed by atoms with Gasteiger partial charge in [-0.3, -0.25) is 4.79 Å². The van der Waals surface area contributed by atoms with Crippen molar-refractivity contribution in [3.05, 3.63) is 24.3 Å². The molecule has 1 aromatic carbocycles. The molecule has 1 saturated carbocycles. The molecular formula is C17H26N4O2. The van der Waals surface area contributed by atoms with Gasteiger partial charge in [0.2, 0.25) is 5.91 Å². The molecule has 1 aromatic rings. The minimum absolute atomic E-state index is 0.0337. The SMILES string of the molecule is CN(C)c1ccc(NC(=O)CNC(=O)NC2CCCCC2)cc1. The number of hydrogen-bond acceptors (Lipinski definition) is 3. The Kier molecular flexibility index (Phi) is 6.26. The molecule has 1 aliphatic carbocycles. The molecule has 1 aliphatic rings. The number of nitrogens with one attached hydrogen (secondary N) is 3. The summed E-state index contributed by atoms with van der Waals surface area (Å²) in [6.45, 7) is -0.0337. The van der Waals surface area contributed by atoms with Gasteiger partial charge in [-0.2, -0.15) is 0 Å². The van der Waals surface area contributed by atoms with Gasteiger partial charge in [0.1, 0.15) is 0 Å². The Morgan fingerprint density at radius 2 is 1.74 bits per heavy atom. The normalized spacial score (nSPS) is 14.9. The van der Waals surface area contributed by atoms with Crippen molar-refractivity contribution in [1.82, 2.24) is 10.6 Å². The van der Waals surface area contributed by atoms with E-state index in [-0.39, 0.29) is 24.5 Å². The Labute approximate surface area is 137 Å². The van der Waals surface area contributed by atoms with E-state index in [1.807, 2.05) is 43.3 Å². The zero-order valence-electron chi connectivity index (χ0n) is 13.9. The maximum Gasteiger partial charge on any atom is 0.315 e. The van der Waals surface area contributed by atoms with Crippen molar-refractivity contribution in [1.29, 1.82) is 0 Å². The van der Waals surface area contributed by atoms with Crippen molar-refractivity contribution in [2.24, 2.45) is 0 Å². The smallest absolute Gasteiger partial charge is 0.315 e. The van der Waals surface area contributed by atoms with E-state index in [4.69, 9.17) is 0 Å². The largest absolute Gasteiger partial charge is 0.378 e. The van der Waals surface area contributed by atoms with Crippen LogP contribution in [0.25, 0.3) is 0 Å². The van der Waals surface area contributed by atoms with Crippen LogP contribution in [-0.4, -0.2) is 38.6 Å². The minimum Gasteiger partial charge on any atom is -0.378 e. The third-order valence-electron chi connectivity index (χ3n) is 4.02. The first kappa shape index (κ1) is 17.1. The number of nitrogens with zero attached hydrogens (tertiary/aromatic N) is 1. The van der Waals surface area contributed by atoms with Gasteiger partial charge in [0.15, 0.2) is 0 Å². The average Bonchev–Trinajstić information content (AvgIpc) is 2.54. The fraction of sp³-hybridized carbons (Fsp3) is 0.529. The second-order valence-corrected chi connectivity index (χ2v) is 6.15. The Morgan fingerprint density at radius 1 is 1.09 bits per heavy atom. The van der Waals surface area contributed by atoms with Gasteiger partial charge in [-0.15, -0.1) is 0 Å². The van der Waals surface area contributed by atoms with Crippen LogP contribution < -0.4 is 20.9 Å². The van der Waals surface area contributed by atoms with E-state index in [9.17, 15) is 9.59 Å². The summed E-state index contributed by atoms with van der Waals surface area (Å²) in [6.07, 6.45) is 5.62. The third-order valence-corrected chi connectivity index (χ3v) is 4.02. The topological polar surface area (TPSA) is 73.5 Å². The predicted octanol–water partition coefficient (Wildman–Crippen LogP) is 2.32. The number of hydrogen-bond donors (Lipinski definition) is 3. The van der Waals surface area contributed by atoms with Crippen LogP contribution in [-0.2, 0) is 4.79 Å². The molecule has 6 heteroatoms. The molecule has 23 heavy (non-hydrogen) atoms. The van der Waals surface area contributed by atoms with E-state index in [1.54, 1.807) is 0 Å². The number of benzene rings is 1. The van der Waals surface area contributed by atoms with Crippen LogP contribution in [0.2, 0.25) is 0 Å². The maximum absolute atomic E-state index is 11.9. The lowest BCUT2D eigenvalue weighted by Crippen LogP contribution is -2.45. The molecule has 0 radical (unpaired) electrons. The highest BCUT2D eigenvalue weighted by Crippen LogP contribution is 2.17. The van der Waals surface area contributed by atoms with Gasteiger partial charge in [0.25, 0.3) is 0 Å². The number of anilines is 2. The van der Waals surface area contributed by atoms with Gasteiger partial charge in [0, 0.05) is 31.5 Å². The van der Waals surface area contributed by atoms with E-state index in [0.29, 0.717) is 0 Å². The second-order valence-electron chi connectivity index (χ2n) is 6.15. The monoisotopic (exact) mass is 318 g/mol. The van der Waals surface area contributed by atoms with Crippen LogP contribution in [0.1, 0.15) is 32.1 Å². The third kappa shape index (κ3) is 5.81. The highest BCUT2D eigenvalue weighted by molar-refractivity contribution is 5.94. The molecule has 2 rings (SSSR count). The lowest BCUT2D eigenvalue weighted by atomic mass is 9.96. The lowest BCUT2D eigenvalue weighted by Gasteiger charge is -2.22. The van der Waals surface area contributed by atoms with Crippen molar-refractivity contribution in [2.75, 3.05) is 30.9 Å². The van der Waals surface area contributed by atoms with Crippen LogP contribution in [0.5, 0.6) is 0 Å². The summed E-state index contributed by atoms with van der Waals surface area (Å²) in [5, 5.41) is 8.30. The highest BCUT2D eigenvalue weighted by atomic mass is 16.2. The number of carbonyl (C=O) groups is 2. The molecule has 0 bridgehead atoms. The van der Waals surface area contributed by atoms with Gasteiger partial charge in [-0.1, -0.05) is 19.3 Å². The van der Waals surface area contributed by atoms with E-state index >= 15 is 0 Å². The number of carbonyl (C=O) groups excluding carboxylic acids is 2. The zero-order valence-corrected chi connectivity index (χ0v) is 13.9. The van der Waals surface area contributed by atoms with E-state index in [2.05, 4.69) is 16.0 Å². The van der Waals surface area contributed by atoms with E-state index in [1.165, 1.54) is 6.42 Å².